The van der Waals surface area contributed by atoms with Crippen molar-refractivity contribution in [2.45, 2.75) is 41.9 Å². The largest absolute Gasteiger partial charge is 0.328 e. The Morgan fingerprint density at radius 3 is 2.56 bits per heavy atom. The van der Waals surface area contributed by atoms with Gasteiger partial charge in [0, 0.05) is 16.2 Å². The predicted octanol–water partition coefficient (Wildman–Crippen LogP) is 2.20. The standard InChI is InChI=1S/C12H16FNOS/c13-9-2-1-3-12(8-9)16(15)11-6-4-10(14)5-7-11/h1-3,8,10-11H,4-7,14H2. The van der Waals surface area contributed by atoms with Crippen molar-refractivity contribution in [3.05, 3.63) is 30.1 Å². The maximum atomic E-state index is 13.0. The van der Waals surface area contributed by atoms with Gasteiger partial charge in [0.25, 0.3) is 0 Å². The van der Waals surface area contributed by atoms with E-state index in [1.165, 1.54) is 12.1 Å². The third-order valence-electron chi connectivity index (χ3n) is 3.05. The van der Waals surface area contributed by atoms with Crippen LogP contribution >= 0.6 is 0 Å². The van der Waals surface area contributed by atoms with Crippen LogP contribution in [0.3, 0.4) is 0 Å². The quantitative estimate of drug-likeness (QED) is 0.862. The molecule has 0 spiro atoms. The molecule has 1 unspecified atom stereocenters. The van der Waals surface area contributed by atoms with Gasteiger partial charge in [0.1, 0.15) is 5.82 Å². The monoisotopic (exact) mass is 241 g/mol. The van der Waals surface area contributed by atoms with E-state index >= 15 is 0 Å². The van der Waals surface area contributed by atoms with Crippen LogP contribution in [0.15, 0.2) is 29.2 Å². The molecule has 16 heavy (non-hydrogen) atoms. The summed E-state index contributed by atoms with van der Waals surface area (Å²) in [5.41, 5.74) is 5.80. The molecule has 0 saturated heterocycles. The van der Waals surface area contributed by atoms with E-state index < -0.39 is 10.8 Å². The zero-order valence-corrected chi connectivity index (χ0v) is 9.88. The van der Waals surface area contributed by atoms with Crippen molar-refractivity contribution in [2.24, 2.45) is 5.73 Å². The van der Waals surface area contributed by atoms with Crippen LogP contribution in [-0.4, -0.2) is 15.5 Å². The van der Waals surface area contributed by atoms with Gasteiger partial charge >= 0.3 is 0 Å². The highest BCUT2D eigenvalue weighted by Gasteiger charge is 2.24. The van der Waals surface area contributed by atoms with Gasteiger partial charge in [-0.15, -0.1) is 0 Å². The van der Waals surface area contributed by atoms with Gasteiger partial charge < -0.3 is 5.73 Å². The van der Waals surface area contributed by atoms with Crippen molar-refractivity contribution >= 4 is 10.8 Å². The summed E-state index contributed by atoms with van der Waals surface area (Å²) < 4.78 is 25.2. The number of halogens is 1. The van der Waals surface area contributed by atoms with Crippen LogP contribution in [0.2, 0.25) is 0 Å². The highest BCUT2D eigenvalue weighted by Crippen LogP contribution is 2.25. The molecule has 0 aromatic heterocycles. The Morgan fingerprint density at radius 1 is 1.25 bits per heavy atom. The second-order valence-electron chi connectivity index (χ2n) is 4.29. The Hall–Kier alpha value is -0.740. The number of rotatable bonds is 2. The fourth-order valence-corrected chi connectivity index (χ4v) is 3.61. The van der Waals surface area contributed by atoms with Crippen LogP contribution in [-0.2, 0) is 10.8 Å². The SMILES string of the molecule is NC1CCC(S(=O)c2cccc(F)c2)CC1. The number of nitrogens with two attached hydrogens (primary N) is 1. The summed E-state index contributed by atoms with van der Waals surface area (Å²) >= 11 is 0. The molecule has 1 aliphatic rings. The van der Waals surface area contributed by atoms with Crippen LogP contribution in [0.5, 0.6) is 0 Å². The molecule has 0 heterocycles. The molecule has 0 amide bonds. The van der Waals surface area contributed by atoms with Gasteiger partial charge in [-0.2, -0.15) is 0 Å². The fourth-order valence-electron chi connectivity index (χ4n) is 2.09. The van der Waals surface area contributed by atoms with Crippen molar-refractivity contribution in [1.82, 2.24) is 0 Å². The van der Waals surface area contributed by atoms with Crippen molar-refractivity contribution in [3.63, 3.8) is 0 Å². The lowest BCUT2D eigenvalue weighted by atomic mass is 9.96. The topological polar surface area (TPSA) is 43.1 Å². The Kier molecular flexibility index (Phi) is 3.71. The van der Waals surface area contributed by atoms with Gasteiger partial charge in [0.2, 0.25) is 0 Å². The Bertz CT molecular complexity index is 388. The minimum Gasteiger partial charge on any atom is -0.328 e. The summed E-state index contributed by atoms with van der Waals surface area (Å²) in [5.74, 6) is -0.321. The molecule has 0 bridgehead atoms. The third kappa shape index (κ3) is 2.68. The number of hydrogen-bond acceptors (Lipinski definition) is 2. The van der Waals surface area contributed by atoms with Gasteiger partial charge in [0.15, 0.2) is 0 Å². The summed E-state index contributed by atoms with van der Waals surface area (Å²) in [6.45, 7) is 0. The zero-order valence-electron chi connectivity index (χ0n) is 9.06. The molecular formula is C12H16FNOS. The first kappa shape index (κ1) is 11.7. The molecule has 2 rings (SSSR count). The highest BCUT2D eigenvalue weighted by molar-refractivity contribution is 7.85. The Labute approximate surface area is 97.5 Å². The van der Waals surface area contributed by atoms with Crippen LogP contribution < -0.4 is 5.73 Å². The van der Waals surface area contributed by atoms with Crippen molar-refractivity contribution < 1.29 is 8.60 Å². The smallest absolute Gasteiger partial charge is 0.124 e. The van der Waals surface area contributed by atoms with E-state index in [1.807, 2.05) is 0 Å². The molecule has 1 saturated carbocycles. The third-order valence-corrected chi connectivity index (χ3v) is 4.85. The number of hydrogen-bond donors (Lipinski definition) is 1. The Balaban J connectivity index is 2.08. The maximum absolute atomic E-state index is 13.0. The van der Waals surface area contributed by atoms with Crippen molar-refractivity contribution in [3.8, 4) is 0 Å². The van der Waals surface area contributed by atoms with Crippen LogP contribution in [0, 0.1) is 5.82 Å². The molecule has 1 aliphatic carbocycles. The molecule has 2 nitrogen and oxygen atoms in total. The average molecular weight is 241 g/mol. The fraction of sp³-hybridized carbons (Fsp3) is 0.500. The van der Waals surface area contributed by atoms with Gasteiger partial charge in [0.05, 0.1) is 10.8 Å². The lowest BCUT2D eigenvalue weighted by molar-refractivity contribution is 0.444. The molecule has 2 N–H and O–H groups in total. The molecule has 4 heteroatoms. The molecule has 1 aromatic carbocycles. The van der Waals surface area contributed by atoms with E-state index in [0.717, 1.165) is 25.7 Å². The summed E-state index contributed by atoms with van der Waals surface area (Å²) in [5, 5.41) is 0.140. The first-order valence-electron chi connectivity index (χ1n) is 5.58. The lowest BCUT2D eigenvalue weighted by Crippen LogP contribution is -2.31. The molecule has 0 aliphatic heterocycles. The predicted molar refractivity (Wildman–Crippen MR) is 63.0 cm³/mol. The van der Waals surface area contributed by atoms with Crippen molar-refractivity contribution in [2.75, 3.05) is 0 Å². The second kappa shape index (κ2) is 5.06. The van der Waals surface area contributed by atoms with Gasteiger partial charge in [-0.05, 0) is 43.9 Å². The highest BCUT2D eigenvalue weighted by atomic mass is 32.2. The summed E-state index contributed by atoms with van der Waals surface area (Å²) in [7, 11) is -1.09. The van der Waals surface area contributed by atoms with E-state index in [2.05, 4.69) is 0 Å². The van der Waals surface area contributed by atoms with E-state index in [-0.39, 0.29) is 17.1 Å². The van der Waals surface area contributed by atoms with E-state index in [9.17, 15) is 8.60 Å². The molecule has 1 aromatic rings. The van der Waals surface area contributed by atoms with Crippen LogP contribution in [0.4, 0.5) is 4.39 Å². The molecular weight excluding hydrogens is 225 g/mol. The normalized spacial score (nSPS) is 27.6. The van der Waals surface area contributed by atoms with Gasteiger partial charge in [-0.1, -0.05) is 6.07 Å². The average Bonchev–Trinajstić information content (AvgIpc) is 2.29. The van der Waals surface area contributed by atoms with Gasteiger partial charge in [-0.3, -0.25) is 4.21 Å². The van der Waals surface area contributed by atoms with E-state index in [1.54, 1.807) is 12.1 Å². The second-order valence-corrected chi connectivity index (χ2v) is 6.02. The Morgan fingerprint density at radius 2 is 1.94 bits per heavy atom. The van der Waals surface area contributed by atoms with Crippen LogP contribution in [0.25, 0.3) is 0 Å². The lowest BCUT2D eigenvalue weighted by Gasteiger charge is -2.25. The zero-order chi connectivity index (χ0) is 11.5. The summed E-state index contributed by atoms with van der Waals surface area (Å²) in [6.07, 6.45) is 3.60. The van der Waals surface area contributed by atoms with E-state index in [0.29, 0.717) is 4.90 Å². The summed E-state index contributed by atoms with van der Waals surface area (Å²) in [4.78, 5) is 0.598. The molecule has 1 atom stereocenters. The molecule has 1 fully saturated rings. The first-order chi connectivity index (χ1) is 7.66. The summed E-state index contributed by atoms with van der Waals surface area (Å²) in [6, 6.07) is 6.33. The van der Waals surface area contributed by atoms with E-state index in [4.69, 9.17) is 5.73 Å². The van der Waals surface area contributed by atoms with Crippen LogP contribution in [0.1, 0.15) is 25.7 Å². The maximum Gasteiger partial charge on any atom is 0.124 e. The van der Waals surface area contributed by atoms with Crippen molar-refractivity contribution in [1.29, 1.82) is 0 Å². The first-order valence-corrected chi connectivity index (χ1v) is 6.80. The number of benzene rings is 1. The molecule has 0 radical (unpaired) electrons. The van der Waals surface area contributed by atoms with Gasteiger partial charge in [-0.25, -0.2) is 4.39 Å². The molecule has 88 valence electrons. The minimum atomic E-state index is -1.09. The minimum absolute atomic E-state index is 0.140.